The molecule has 0 bridgehead atoms. The molecule has 0 spiro atoms. The second kappa shape index (κ2) is 8.70. The van der Waals surface area contributed by atoms with E-state index in [-0.39, 0.29) is 18.3 Å². The number of carbonyl (C=O) groups is 1. The van der Waals surface area contributed by atoms with E-state index in [4.69, 9.17) is 0 Å². The number of amides is 1. The van der Waals surface area contributed by atoms with Crippen LogP contribution >= 0.6 is 12.4 Å². The van der Waals surface area contributed by atoms with Gasteiger partial charge >= 0.3 is 0 Å². The van der Waals surface area contributed by atoms with Crippen molar-refractivity contribution in [3.63, 3.8) is 0 Å². The molecule has 2 aromatic heterocycles. The van der Waals surface area contributed by atoms with Crippen LogP contribution < -0.4 is 4.90 Å². The number of pyridine rings is 2. The zero-order valence-corrected chi connectivity index (χ0v) is 17.7. The molecule has 31 heavy (non-hydrogen) atoms. The molecule has 0 saturated heterocycles. The van der Waals surface area contributed by atoms with Crippen molar-refractivity contribution < 1.29 is 4.79 Å². The third-order valence-corrected chi connectivity index (χ3v) is 5.80. The van der Waals surface area contributed by atoms with Crippen molar-refractivity contribution in [2.24, 2.45) is 0 Å². The minimum atomic E-state index is -0.699. The number of nitrogens with zero attached hydrogens (tertiary/aromatic N) is 3. The summed E-state index contributed by atoms with van der Waals surface area (Å²) in [5, 5.41) is 0. The summed E-state index contributed by atoms with van der Waals surface area (Å²) in [6.07, 6.45) is 8.37. The van der Waals surface area contributed by atoms with Gasteiger partial charge in [0.1, 0.15) is 0 Å². The molecule has 2 aromatic carbocycles. The highest BCUT2D eigenvalue weighted by Gasteiger charge is 2.51. The molecule has 4 aromatic rings. The Balaban J connectivity index is 0.00000231. The van der Waals surface area contributed by atoms with Gasteiger partial charge in [-0.3, -0.25) is 19.7 Å². The fraction of sp³-hybridized carbons (Fsp3) is 0.115. The first kappa shape index (κ1) is 20.8. The molecule has 5 heteroatoms. The molecule has 0 saturated carbocycles. The van der Waals surface area contributed by atoms with Crippen molar-refractivity contribution in [1.82, 2.24) is 9.97 Å². The predicted molar refractivity (Wildman–Crippen MR) is 125 cm³/mol. The highest BCUT2D eigenvalue weighted by molar-refractivity contribution is 6.13. The maximum Gasteiger partial charge on any atom is 0.242 e. The Hall–Kier alpha value is -3.50. The fourth-order valence-corrected chi connectivity index (χ4v) is 4.45. The van der Waals surface area contributed by atoms with E-state index in [1.165, 1.54) is 0 Å². The Morgan fingerprint density at radius 1 is 0.677 bits per heavy atom. The Morgan fingerprint density at radius 2 is 1.19 bits per heavy atom. The van der Waals surface area contributed by atoms with E-state index in [2.05, 4.69) is 16.0 Å². The van der Waals surface area contributed by atoms with E-state index >= 15 is 0 Å². The molecule has 0 unspecified atom stereocenters. The molecule has 1 amide bonds. The number of fused-ring (bicyclic) bond motifs is 1. The third kappa shape index (κ3) is 3.71. The van der Waals surface area contributed by atoms with Crippen LogP contribution in [0.5, 0.6) is 0 Å². The SMILES string of the molecule is Cl.O=C1N(c2ccccc2)c2ccccc2C1(Cc1ccncc1)Cc1ccncc1. The third-order valence-electron chi connectivity index (χ3n) is 5.80. The van der Waals surface area contributed by atoms with E-state index in [9.17, 15) is 4.79 Å². The number of benzene rings is 2. The molecule has 154 valence electrons. The summed E-state index contributed by atoms with van der Waals surface area (Å²) in [6.45, 7) is 0. The number of carbonyl (C=O) groups excluding carboxylic acids is 1. The van der Waals surface area contributed by atoms with Gasteiger partial charge < -0.3 is 0 Å². The standard InChI is InChI=1S/C26H21N3O.ClH/c30-25-26(18-20-10-14-27-15-11-20,19-21-12-16-28-17-13-21)23-8-4-5-9-24(23)29(25)22-6-2-1-3-7-22;/h1-17H,18-19H2;1H. The first-order valence-electron chi connectivity index (χ1n) is 10.0. The number of rotatable bonds is 5. The van der Waals surface area contributed by atoms with Crippen LogP contribution in [0.15, 0.2) is 104 Å². The van der Waals surface area contributed by atoms with Gasteiger partial charge in [0.05, 0.1) is 11.1 Å². The summed E-state index contributed by atoms with van der Waals surface area (Å²) in [5.41, 5.74) is 4.40. The molecule has 5 rings (SSSR count). The Labute approximate surface area is 188 Å². The number of aromatic nitrogens is 2. The summed E-state index contributed by atoms with van der Waals surface area (Å²) < 4.78 is 0. The highest BCUT2D eigenvalue weighted by Crippen LogP contribution is 2.48. The summed E-state index contributed by atoms with van der Waals surface area (Å²) in [7, 11) is 0. The van der Waals surface area contributed by atoms with E-state index in [1.807, 2.05) is 77.7 Å². The molecule has 1 aliphatic heterocycles. The minimum Gasteiger partial charge on any atom is -0.280 e. The van der Waals surface area contributed by atoms with Gasteiger partial charge in [-0.15, -0.1) is 12.4 Å². The number of halogens is 1. The van der Waals surface area contributed by atoms with Crippen molar-refractivity contribution in [3.05, 3.63) is 120 Å². The van der Waals surface area contributed by atoms with Gasteiger partial charge in [0.25, 0.3) is 0 Å². The molecular weight excluding hydrogens is 406 g/mol. The van der Waals surface area contributed by atoms with Gasteiger partial charge in [0.15, 0.2) is 0 Å². The summed E-state index contributed by atoms with van der Waals surface area (Å²) in [6, 6.07) is 26.0. The first-order chi connectivity index (χ1) is 14.8. The monoisotopic (exact) mass is 427 g/mol. The lowest BCUT2D eigenvalue weighted by molar-refractivity contribution is -0.122. The van der Waals surface area contributed by atoms with Crippen LogP contribution in [0.1, 0.15) is 16.7 Å². The van der Waals surface area contributed by atoms with Crippen LogP contribution in [-0.4, -0.2) is 15.9 Å². The van der Waals surface area contributed by atoms with Crippen LogP contribution in [0.3, 0.4) is 0 Å². The Morgan fingerprint density at radius 3 is 1.77 bits per heavy atom. The maximum absolute atomic E-state index is 14.2. The van der Waals surface area contributed by atoms with Crippen molar-refractivity contribution in [2.75, 3.05) is 4.90 Å². The highest BCUT2D eigenvalue weighted by atomic mass is 35.5. The average molecular weight is 428 g/mol. The van der Waals surface area contributed by atoms with Crippen LogP contribution in [-0.2, 0) is 23.1 Å². The first-order valence-corrected chi connectivity index (χ1v) is 10.0. The summed E-state index contributed by atoms with van der Waals surface area (Å²) in [4.78, 5) is 24.4. The van der Waals surface area contributed by atoms with E-state index < -0.39 is 5.41 Å². The number of hydrogen-bond donors (Lipinski definition) is 0. The average Bonchev–Trinajstić information content (AvgIpc) is 3.04. The van der Waals surface area contributed by atoms with Gasteiger partial charge in [0, 0.05) is 30.5 Å². The number of anilines is 2. The predicted octanol–water partition coefficient (Wildman–Crippen LogP) is 5.30. The van der Waals surface area contributed by atoms with Crippen LogP contribution in [0, 0.1) is 0 Å². The topological polar surface area (TPSA) is 46.1 Å². The van der Waals surface area contributed by atoms with Crippen molar-refractivity contribution >= 4 is 29.7 Å². The quantitative estimate of drug-likeness (QED) is 0.434. The molecule has 0 atom stereocenters. The molecular formula is C26H22ClN3O. The van der Waals surface area contributed by atoms with Crippen molar-refractivity contribution in [2.45, 2.75) is 18.3 Å². The molecule has 0 aliphatic carbocycles. The van der Waals surface area contributed by atoms with E-state index in [0.29, 0.717) is 12.8 Å². The van der Waals surface area contributed by atoms with Crippen LogP contribution in [0.4, 0.5) is 11.4 Å². The lowest BCUT2D eigenvalue weighted by Gasteiger charge is -2.29. The summed E-state index contributed by atoms with van der Waals surface area (Å²) in [5.74, 6) is 0.100. The van der Waals surface area contributed by atoms with Gasteiger partial charge in [0.2, 0.25) is 5.91 Å². The van der Waals surface area contributed by atoms with E-state index in [1.54, 1.807) is 24.8 Å². The molecule has 0 N–H and O–H groups in total. The van der Waals surface area contributed by atoms with Crippen LogP contribution in [0.25, 0.3) is 0 Å². The molecule has 1 aliphatic rings. The Bertz CT molecular complexity index is 1130. The lowest BCUT2D eigenvalue weighted by atomic mass is 9.72. The largest absolute Gasteiger partial charge is 0.280 e. The van der Waals surface area contributed by atoms with Crippen molar-refractivity contribution in [1.29, 1.82) is 0 Å². The second-order valence-corrected chi connectivity index (χ2v) is 7.64. The molecule has 3 heterocycles. The zero-order chi connectivity index (χ0) is 20.4. The van der Waals surface area contributed by atoms with Gasteiger partial charge in [-0.2, -0.15) is 0 Å². The van der Waals surface area contributed by atoms with Gasteiger partial charge in [-0.1, -0.05) is 36.4 Å². The summed E-state index contributed by atoms with van der Waals surface area (Å²) >= 11 is 0. The Kier molecular flexibility index (Phi) is 5.83. The number of para-hydroxylation sites is 2. The maximum atomic E-state index is 14.2. The number of hydrogen-bond acceptors (Lipinski definition) is 3. The molecule has 4 nitrogen and oxygen atoms in total. The normalized spacial score (nSPS) is 14.1. The zero-order valence-electron chi connectivity index (χ0n) is 16.9. The van der Waals surface area contributed by atoms with Crippen molar-refractivity contribution in [3.8, 4) is 0 Å². The van der Waals surface area contributed by atoms with Gasteiger partial charge in [-0.05, 0) is 72.0 Å². The second-order valence-electron chi connectivity index (χ2n) is 7.64. The smallest absolute Gasteiger partial charge is 0.242 e. The lowest BCUT2D eigenvalue weighted by Crippen LogP contribution is -2.42. The molecule has 0 fully saturated rings. The minimum absolute atomic E-state index is 0. The van der Waals surface area contributed by atoms with Crippen LogP contribution in [0.2, 0.25) is 0 Å². The van der Waals surface area contributed by atoms with E-state index in [0.717, 1.165) is 28.1 Å². The molecule has 0 radical (unpaired) electrons. The fourth-order valence-electron chi connectivity index (χ4n) is 4.45. The van der Waals surface area contributed by atoms with Gasteiger partial charge in [-0.25, -0.2) is 0 Å².